The smallest absolute Gasteiger partial charge is 0.387 e. The van der Waals surface area contributed by atoms with Crippen LogP contribution in [-0.2, 0) is 6.54 Å². The number of para-hydroxylation sites is 1. The molecule has 0 aliphatic heterocycles. The zero-order valence-electron chi connectivity index (χ0n) is 9.78. The van der Waals surface area contributed by atoms with Crippen LogP contribution >= 0.6 is 0 Å². The number of aromatic nitrogens is 2. The molecule has 2 rings (SSSR count). The van der Waals surface area contributed by atoms with E-state index in [-0.39, 0.29) is 5.75 Å². The van der Waals surface area contributed by atoms with Gasteiger partial charge in [-0.1, -0.05) is 12.1 Å². The summed E-state index contributed by atoms with van der Waals surface area (Å²) in [5, 5.41) is 2.95. The summed E-state index contributed by atoms with van der Waals surface area (Å²) in [4.78, 5) is 7.19. The fourth-order valence-electron chi connectivity index (χ4n) is 1.64. The number of benzene rings is 1. The molecule has 0 amide bonds. The highest BCUT2D eigenvalue weighted by Gasteiger charge is 2.12. The number of halogens is 2. The lowest BCUT2D eigenvalue weighted by Crippen LogP contribution is -2.06. The molecule has 0 atom stereocenters. The molecule has 0 aliphatic carbocycles. The van der Waals surface area contributed by atoms with E-state index in [1.165, 1.54) is 6.07 Å². The van der Waals surface area contributed by atoms with Gasteiger partial charge in [-0.2, -0.15) is 8.78 Å². The first-order valence-electron chi connectivity index (χ1n) is 5.43. The molecule has 0 bridgehead atoms. The van der Waals surface area contributed by atoms with Gasteiger partial charge >= 0.3 is 6.61 Å². The van der Waals surface area contributed by atoms with Gasteiger partial charge in [-0.25, -0.2) is 4.98 Å². The van der Waals surface area contributed by atoms with Crippen molar-refractivity contribution in [3.8, 4) is 17.0 Å². The van der Waals surface area contributed by atoms with Crippen LogP contribution in [-0.4, -0.2) is 23.6 Å². The highest BCUT2D eigenvalue weighted by atomic mass is 19.3. The molecule has 1 aromatic carbocycles. The molecule has 0 saturated carbocycles. The molecule has 0 fully saturated rings. The first kappa shape index (κ1) is 12.5. The lowest BCUT2D eigenvalue weighted by atomic mass is 10.1. The number of rotatable bonds is 5. The Hall–Kier alpha value is -1.95. The van der Waals surface area contributed by atoms with Crippen LogP contribution < -0.4 is 10.1 Å². The van der Waals surface area contributed by atoms with Crippen LogP contribution in [0.3, 0.4) is 0 Å². The molecule has 1 heterocycles. The minimum atomic E-state index is -2.84. The minimum Gasteiger partial charge on any atom is -0.434 e. The Balaban J connectivity index is 2.30. The Labute approximate surface area is 103 Å². The van der Waals surface area contributed by atoms with Gasteiger partial charge in [0.2, 0.25) is 0 Å². The largest absolute Gasteiger partial charge is 0.434 e. The summed E-state index contributed by atoms with van der Waals surface area (Å²) in [6, 6.07) is 6.60. The maximum Gasteiger partial charge on any atom is 0.387 e. The molecule has 0 unspecified atom stereocenters. The van der Waals surface area contributed by atoms with E-state index in [9.17, 15) is 8.78 Å². The van der Waals surface area contributed by atoms with E-state index in [0.29, 0.717) is 17.8 Å². The second-order valence-corrected chi connectivity index (χ2v) is 3.65. The second-order valence-electron chi connectivity index (χ2n) is 3.65. The molecule has 0 aliphatic rings. The van der Waals surface area contributed by atoms with Gasteiger partial charge in [0, 0.05) is 5.56 Å². The number of ether oxygens (including phenoxy) is 1. The van der Waals surface area contributed by atoms with Crippen molar-refractivity contribution >= 4 is 0 Å². The quantitative estimate of drug-likeness (QED) is 0.860. The number of hydrogen-bond acceptors (Lipinski definition) is 3. The Bertz CT molecular complexity index is 514. The molecule has 6 heteroatoms. The molecule has 0 radical (unpaired) electrons. The number of nitrogens with zero attached hydrogens (tertiary/aromatic N) is 1. The molecule has 1 aromatic heterocycles. The molecule has 4 nitrogen and oxygen atoms in total. The third-order valence-corrected chi connectivity index (χ3v) is 2.37. The van der Waals surface area contributed by atoms with E-state index in [4.69, 9.17) is 0 Å². The van der Waals surface area contributed by atoms with Crippen LogP contribution in [0.5, 0.6) is 5.75 Å². The van der Waals surface area contributed by atoms with Crippen LogP contribution in [0.25, 0.3) is 11.3 Å². The van der Waals surface area contributed by atoms with E-state index >= 15 is 0 Å². The highest BCUT2D eigenvalue weighted by Crippen LogP contribution is 2.29. The van der Waals surface area contributed by atoms with Crippen molar-refractivity contribution in [2.75, 3.05) is 7.05 Å². The summed E-state index contributed by atoms with van der Waals surface area (Å²) in [5.74, 6) is 0.867. The van der Waals surface area contributed by atoms with E-state index in [2.05, 4.69) is 20.0 Å². The number of aromatic amines is 1. The maximum atomic E-state index is 12.3. The van der Waals surface area contributed by atoms with Gasteiger partial charge in [0.05, 0.1) is 18.4 Å². The molecular formula is C12H13F2N3O. The standard InChI is InChI=1S/C12H13F2N3O/c1-15-7-11-16-6-9(17-11)8-4-2-3-5-10(8)18-12(13)14/h2-6,12,15H,7H2,1H3,(H,16,17). The summed E-state index contributed by atoms with van der Waals surface area (Å²) in [6.45, 7) is -2.26. The predicted molar refractivity (Wildman–Crippen MR) is 63.4 cm³/mol. The Morgan fingerprint density at radius 1 is 1.39 bits per heavy atom. The van der Waals surface area contributed by atoms with Crippen molar-refractivity contribution in [3.05, 3.63) is 36.3 Å². The summed E-state index contributed by atoms with van der Waals surface area (Å²) in [5.41, 5.74) is 1.21. The van der Waals surface area contributed by atoms with E-state index < -0.39 is 6.61 Å². The SMILES string of the molecule is CNCc1ncc(-c2ccccc2OC(F)F)[nH]1. The van der Waals surface area contributed by atoms with E-state index in [1.54, 1.807) is 31.4 Å². The number of nitrogens with one attached hydrogen (secondary N) is 2. The van der Waals surface area contributed by atoms with Gasteiger partial charge in [0.25, 0.3) is 0 Å². The van der Waals surface area contributed by atoms with Crippen molar-refractivity contribution in [2.45, 2.75) is 13.2 Å². The molecule has 0 saturated heterocycles. The number of hydrogen-bond donors (Lipinski definition) is 2. The van der Waals surface area contributed by atoms with Crippen LogP contribution in [0, 0.1) is 0 Å². The van der Waals surface area contributed by atoms with Gasteiger partial charge in [-0.3, -0.25) is 0 Å². The molecular weight excluding hydrogens is 240 g/mol. The Kier molecular flexibility index (Phi) is 3.88. The van der Waals surface area contributed by atoms with Gasteiger partial charge in [-0.15, -0.1) is 0 Å². The summed E-state index contributed by atoms with van der Waals surface area (Å²) in [6.07, 6.45) is 1.60. The Morgan fingerprint density at radius 3 is 2.89 bits per heavy atom. The molecule has 96 valence electrons. The van der Waals surface area contributed by atoms with Crippen molar-refractivity contribution in [1.29, 1.82) is 0 Å². The van der Waals surface area contributed by atoms with Crippen molar-refractivity contribution in [3.63, 3.8) is 0 Å². The van der Waals surface area contributed by atoms with Crippen LogP contribution in [0.4, 0.5) is 8.78 Å². The normalized spacial score (nSPS) is 10.9. The van der Waals surface area contributed by atoms with Crippen LogP contribution in [0.15, 0.2) is 30.5 Å². The van der Waals surface area contributed by atoms with Gasteiger partial charge < -0.3 is 15.0 Å². The number of imidazole rings is 1. The monoisotopic (exact) mass is 253 g/mol. The lowest BCUT2D eigenvalue weighted by Gasteiger charge is -2.08. The van der Waals surface area contributed by atoms with Crippen molar-refractivity contribution < 1.29 is 13.5 Å². The van der Waals surface area contributed by atoms with Crippen LogP contribution in [0.2, 0.25) is 0 Å². The number of alkyl halides is 2. The fraction of sp³-hybridized carbons (Fsp3) is 0.250. The van der Waals surface area contributed by atoms with Crippen LogP contribution in [0.1, 0.15) is 5.82 Å². The van der Waals surface area contributed by atoms with Crippen molar-refractivity contribution in [1.82, 2.24) is 15.3 Å². The minimum absolute atomic E-state index is 0.132. The topological polar surface area (TPSA) is 49.9 Å². The van der Waals surface area contributed by atoms with E-state index in [0.717, 1.165) is 5.82 Å². The fourth-order valence-corrected chi connectivity index (χ4v) is 1.64. The molecule has 2 aromatic rings. The average Bonchev–Trinajstić information content (AvgIpc) is 2.78. The van der Waals surface area contributed by atoms with Gasteiger partial charge in [0.15, 0.2) is 0 Å². The van der Waals surface area contributed by atoms with Gasteiger partial charge in [0.1, 0.15) is 11.6 Å². The lowest BCUT2D eigenvalue weighted by molar-refractivity contribution is -0.0494. The first-order valence-corrected chi connectivity index (χ1v) is 5.43. The summed E-state index contributed by atoms with van der Waals surface area (Å²) in [7, 11) is 1.80. The summed E-state index contributed by atoms with van der Waals surface area (Å²) >= 11 is 0. The third kappa shape index (κ3) is 2.84. The first-order chi connectivity index (χ1) is 8.70. The van der Waals surface area contributed by atoms with Gasteiger partial charge in [-0.05, 0) is 19.2 Å². The predicted octanol–water partition coefficient (Wildman–Crippen LogP) is 2.40. The average molecular weight is 253 g/mol. The molecule has 0 spiro atoms. The molecule has 18 heavy (non-hydrogen) atoms. The number of H-pyrrole nitrogens is 1. The Morgan fingerprint density at radius 2 is 2.17 bits per heavy atom. The molecule has 2 N–H and O–H groups in total. The third-order valence-electron chi connectivity index (χ3n) is 2.37. The zero-order valence-corrected chi connectivity index (χ0v) is 9.78. The second kappa shape index (κ2) is 5.59. The summed E-state index contributed by atoms with van der Waals surface area (Å²) < 4.78 is 29.0. The maximum absolute atomic E-state index is 12.3. The van der Waals surface area contributed by atoms with Crippen molar-refractivity contribution in [2.24, 2.45) is 0 Å². The van der Waals surface area contributed by atoms with E-state index in [1.807, 2.05) is 0 Å². The zero-order chi connectivity index (χ0) is 13.0. The highest BCUT2D eigenvalue weighted by molar-refractivity contribution is 5.66.